The van der Waals surface area contributed by atoms with Crippen LogP contribution in [0.25, 0.3) is 5.65 Å². The van der Waals surface area contributed by atoms with Crippen LogP contribution in [0.2, 0.25) is 0 Å². The zero-order valence-corrected chi connectivity index (χ0v) is 15.8. The number of fused-ring (bicyclic) bond motifs is 1. The number of nitrogens with one attached hydrogen (secondary N) is 1. The number of carbonyl (C=O) groups is 2. The summed E-state index contributed by atoms with van der Waals surface area (Å²) in [6.45, 7) is 0.300. The normalized spacial score (nSPS) is 19.2. The zero-order valence-electron chi connectivity index (χ0n) is 15.8. The van der Waals surface area contributed by atoms with E-state index < -0.39 is 5.97 Å². The summed E-state index contributed by atoms with van der Waals surface area (Å²) in [7, 11) is 0. The molecule has 1 aliphatic carbocycles. The first-order valence-electron chi connectivity index (χ1n) is 9.68. The van der Waals surface area contributed by atoms with Gasteiger partial charge in [-0.1, -0.05) is 18.2 Å². The molecule has 0 radical (unpaired) electrons. The molecule has 0 bridgehead atoms. The van der Waals surface area contributed by atoms with Crippen molar-refractivity contribution in [2.24, 2.45) is 11.8 Å². The third-order valence-electron chi connectivity index (χ3n) is 5.46. The van der Waals surface area contributed by atoms with Gasteiger partial charge in [0.1, 0.15) is 0 Å². The molecule has 0 unspecified atom stereocenters. The van der Waals surface area contributed by atoms with Crippen LogP contribution in [0.1, 0.15) is 31.2 Å². The largest absolute Gasteiger partial charge is 0.481 e. The molecule has 4 rings (SSSR count). The van der Waals surface area contributed by atoms with E-state index in [0.717, 1.165) is 5.56 Å². The van der Waals surface area contributed by atoms with Crippen LogP contribution in [0.15, 0.2) is 53.5 Å². The maximum Gasteiger partial charge on any atom is 0.350 e. The molecule has 0 spiro atoms. The van der Waals surface area contributed by atoms with E-state index in [-0.39, 0.29) is 23.4 Å². The fraction of sp³-hybridized carbons (Fsp3) is 0.333. The van der Waals surface area contributed by atoms with Gasteiger partial charge in [-0.25, -0.2) is 9.48 Å². The number of pyridine rings is 1. The highest BCUT2D eigenvalue weighted by molar-refractivity contribution is 5.92. The van der Waals surface area contributed by atoms with Gasteiger partial charge in [-0.3, -0.25) is 14.0 Å². The Balaban J connectivity index is 1.43. The topological polar surface area (TPSA) is 106 Å². The number of hydrogen-bond donors (Lipinski definition) is 2. The Labute approximate surface area is 166 Å². The molecule has 8 nitrogen and oxygen atoms in total. The van der Waals surface area contributed by atoms with Crippen molar-refractivity contribution in [1.29, 1.82) is 0 Å². The van der Waals surface area contributed by atoms with E-state index >= 15 is 0 Å². The van der Waals surface area contributed by atoms with Crippen molar-refractivity contribution >= 4 is 23.2 Å². The molecule has 8 heteroatoms. The monoisotopic (exact) mass is 394 g/mol. The molecule has 0 atom stereocenters. The first-order chi connectivity index (χ1) is 14.0. The second kappa shape index (κ2) is 7.90. The number of anilines is 1. The van der Waals surface area contributed by atoms with Crippen LogP contribution in [0.5, 0.6) is 0 Å². The lowest BCUT2D eigenvalue weighted by molar-refractivity contribution is -0.143. The first-order valence-corrected chi connectivity index (χ1v) is 9.68. The summed E-state index contributed by atoms with van der Waals surface area (Å²) in [5.41, 5.74) is 1.87. The lowest BCUT2D eigenvalue weighted by atomic mass is 9.81. The molecule has 0 saturated heterocycles. The highest BCUT2D eigenvalue weighted by atomic mass is 16.4. The molecular formula is C21H22N4O4. The minimum Gasteiger partial charge on any atom is -0.481 e. The van der Waals surface area contributed by atoms with Crippen molar-refractivity contribution in [1.82, 2.24) is 14.2 Å². The van der Waals surface area contributed by atoms with Crippen LogP contribution >= 0.6 is 0 Å². The number of aliphatic carboxylic acids is 1. The number of benzene rings is 1. The number of hydrogen-bond acceptors (Lipinski definition) is 4. The van der Waals surface area contributed by atoms with Gasteiger partial charge < -0.3 is 10.4 Å². The Bertz CT molecular complexity index is 1110. The van der Waals surface area contributed by atoms with Crippen LogP contribution in [0, 0.1) is 11.8 Å². The van der Waals surface area contributed by atoms with Gasteiger partial charge in [-0.2, -0.15) is 0 Å². The van der Waals surface area contributed by atoms with Gasteiger partial charge >= 0.3 is 11.7 Å². The van der Waals surface area contributed by atoms with E-state index in [1.807, 2.05) is 24.3 Å². The summed E-state index contributed by atoms with van der Waals surface area (Å²) >= 11 is 0. The average Bonchev–Trinajstić information content (AvgIpc) is 3.04. The Morgan fingerprint density at radius 1 is 1.07 bits per heavy atom. The van der Waals surface area contributed by atoms with E-state index in [1.54, 1.807) is 24.4 Å². The van der Waals surface area contributed by atoms with E-state index in [9.17, 15) is 14.4 Å². The van der Waals surface area contributed by atoms with Crippen molar-refractivity contribution in [3.63, 3.8) is 0 Å². The molecule has 2 heterocycles. The Morgan fingerprint density at radius 2 is 1.83 bits per heavy atom. The van der Waals surface area contributed by atoms with Gasteiger partial charge in [-0.15, -0.1) is 5.10 Å². The summed E-state index contributed by atoms with van der Waals surface area (Å²) in [6, 6.07) is 12.7. The van der Waals surface area contributed by atoms with E-state index in [1.165, 1.54) is 9.08 Å². The molecule has 3 aromatic rings. The molecule has 2 aromatic heterocycles. The molecule has 29 heavy (non-hydrogen) atoms. The fourth-order valence-electron chi connectivity index (χ4n) is 3.84. The Hall–Kier alpha value is -3.42. The molecule has 1 amide bonds. The summed E-state index contributed by atoms with van der Waals surface area (Å²) in [4.78, 5) is 36.0. The van der Waals surface area contributed by atoms with Crippen LogP contribution in [-0.4, -0.2) is 31.2 Å². The quantitative estimate of drug-likeness (QED) is 0.691. The standard InChI is InChI=1S/C21H22N4O4/c26-19(15-7-9-16(10-8-15)20(27)28)22-17-5-3-4-14(12-17)13-25-21(29)24-11-2-1-6-18(24)23-25/h1-6,11-12,15-16H,7-10,13H2,(H,22,26)(H,27,28). The molecule has 2 N–H and O–H groups in total. The zero-order chi connectivity index (χ0) is 20.4. The van der Waals surface area contributed by atoms with Crippen molar-refractivity contribution < 1.29 is 14.7 Å². The van der Waals surface area contributed by atoms with Crippen LogP contribution < -0.4 is 11.0 Å². The highest BCUT2D eigenvalue weighted by Crippen LogP contribution is 2.29. The SMILES string of the molecule is O=C(O)C1CCC(C(=O)Nc2cccc(Cn3nc4ccccn4c3=O)c2)CC1. The Kier molecular flexibility index (Phi) is 5.16. The summed E-state index contributed by atoms with van der Waals surface area (Å²) in [6.07, 6.45) is 3.91. The number of aromatic nitrogens is 3. The highest BCUT2D eigenvalue weighted by Gasteiger charge is 2.29. The van der Waals surface area contributed by atoms with Crippen LogP contribution in [0.3, 0.4) is 0 Å². The smallest absolute Gasteiger partial charge is 0.350 e. The number of carboxylic acid groups (broad SMARTS) is 1. The van der Waals surface area contributed by atoms with Gasteiger partial charge in [0, 0.05) is 17.8 Å². The molecule has 1 aromatic carbocycles. The predicted octanol–water partition coefficient (Wildman–Crippen LogP) is 2.37. The summed E-state index contributed by atoms with van der Waals surface area (Å²) < 4.78 is 2.88. The van der Waals surface area contributed by atoms with Crippen molar-refractivity contribution in [2.45, 2.75) is 32.2 Å². The number of carboxylic acids is 1. The minimum absolute atomic E-state index is 0.0871. The third kappa shape index (κ3) is 4.06. The minimum atomic E-state index is -0.779. The summed E-state index contributed by atoms with van der Waals surface area (Å²) in [5.74, 6) is -1.38. The van der Waals surface area contributed by atoms with Gasteiger partial charge in [0.25, 0.3) is 0 Å². The second-order valence-electron chi connectivity index (χ2n) is 7.45. The molecule has 0 aliphatic heterocycles. The average molecular weight is 394 g/mol. The van der Waals surface area contributed by atoms with E-state index in [4.69, 9.17) is 5.11 Å². The number of amides is 1. The predicted molar refractivity (Wildman–Crippen MR) is 107 cm³/mol. The number of rotatable bonds is 5. The number of carbonyl (C=O) groups excluding carboxylic acids is 1. The molecule has 1 fully saturated rings. The van der Waals surface area contributed by atoms with Crippen molar-refractivity contribution in [3.8, 4) is 0 Å². The van der Waals surface area contributed by atoms with Crippen molar-refractivity contribution in [3.05, 3.63) is 64.7 Å². The van der Waals surface area contributed by atoms with Gasteiger partial charge in [0.2, 0.25) is 5.91 Å². The molecular weight excluding hydrogens is 372 g/mol. The number of nitrogens with zero attached hydrogens (tertiary/aromatic N) is 3. The van der Waals surface area contributed by atoms with E-state index in [0.29, 0.717) is 43.6 Å². The van der Waals surface area contributed by atoms with Crippen LogP contribution in [0.4, 0.5) is 5.69 Å². The molecule has 150 valence electrons. The Morgan fingerprint density at radius 3 is 2.55 bits per heavy atom. The van der Waals surface area contributed by atoms with Gasteiger partial charge in [0.15, 0.2) is 5.65 Å². The van der Waals surface area contributed by atoms with Crippen molar-refractivity contribution in [2.75, 3.05) is 5.32 Å². The lowest BCUT2D eigenvalue weighted by Crippen LogP contribution is -2.29. The van der Waals surface area contributed by atoms with Gasteiger partial charge in [0.05, 0.1) is 12.5 Å². The molecule has 1 saturated carbocycles. The molecule has 1 aliphatic rings. The van der Waals surface area contributed by atoms with Gasteiger partial charge in [-0.05, 0) is 55.5 Å². The second-order valence-corrected chi connectivity index (χ2v) is 7.45. The maximum absolute atomic E-state index is 12.6. The fourth-order valence-corrected chi connectivity index (χ4v) is 3.84. The lowest BCUT2D eigenvalue weighted by Gasteiger charge is -2.25. The first kappa shape index (κ1) is 18.9. The summed E-state index contributed by atoms with van der Waals surface area (Å²) in [5, 5.41) is 16.3. The van der Waals surface area contributed by atoms with E-state index in [2.05, 4.69) is 10.4 Å². The van der Waals surface area contributed by atoms with Crippen LogP contribution in [-0.2, 0) is 16.1 Å². The maximum atomic E-state index is 12.6. The third-order valence-corrected chi connectivity index (χ3v) is 5.46.